The number of benzene rings is 1. The molecule has 0 unspecified atom stereocenters. The molecule has 0 aliphatic rings. The molecule has 26 heavy (non-hydrogen) atoms. The van der Waals surface area contributed by atoms with Gasteiger partial charge in [0.2, 0.25) is 0 Å². The third-order valence-corrected chi connectivity index (χ3v) is 4.09. The van der Waals surface area contributed by atoms with Gasteiger partial charge in [-0.3, -0.25) is 0 Å². The SMILES string of the molecule is CCCC[c-]1cccc1.CCCC[c-]1cccc1.Clc1ccccc1.[Hf]. The molecular formula is C24H31ClHf-2. The second-order valence-corrected chi connectivity index (χ2v) is 6.53. The summed E-state index contributed by atoms with van der Waals surface area (Å²) in [4.78, 5) is 0. The maximum Gasteiger partial charge on any atom is 0.0405 e. The van der Waals surface area contributed by atoms with E-state index in [1.165, 1.54) is 49.7 Å². The first-order valence-electron chi connectivity index (χ1n) is 9.38. The van der Waals surface area contributed by atoms with Crippen molar-refractivity contribution in [2.45, 2.75) is 52.4 Å². The molecule has 2 heteroatoms. The van der Waals surface area contributed by atoms with Crippen molar-refractivity contribution in [1.82, 2.24) is 0 Å². The maximum absolute atomic E-state index is 5.54. The van der Waals surface area contributed by atoms with Crippen LogP contribution in [-0.4, -0.2) is 0 Å². The predicted molar refractivity (Wildman–Crippen MR) is 113 cm³/mol. The van der Waals surface area contributed by atoms with E-state index in [0.717, 1.165) is 5.02 Å². The molecule has 0 heterocycles. The van der Waals surface area contributed by atoms with Gasteiger partial charge in [-0.2, -0.15) is 35.4 Å². The van der Waals surface area contributed by atoms with Crippen LogP contribution < -0.4 is 0 Å². The van der Waals surface area contributed by atoms with Crippen molar-refractivity contribution in [3.8, 4) is 0 Å². The number of halogens is 1. The number of aryl methyl sites for hydroxylation is 2. The first-order valence-corrected chi connectivity index (χ1v) is 9.75. The van der Waals surface area contributed by atoms with Gasteiger partial charge in [0.1, 0.15) is 0 Å². The Morgan fingerprint density at radius 2 is 1.04 bits per heavy atom. The second-order valence-electron chi connectivity index (χ2n) is 6.09. The molecule has 0 atom stereocenters. The van der Waals surface area contributed by atoms with Gasteiger partial charge in [-0.15, -0.1) is 0 Å². The van der Waals surface area contributed by atoms with E-state index >= 15 is 0 Å². The fourth-order valence-electron chi connectivity index (χ4n) is 2.34. The zero-order chi connectivity index (χ0) is 18.2. The molecule has 3 aromatic rings. The van der Waals surface area contributed by atoms with E-state index in [-0.39, 0.29) is 25.8 Å². The number of hydrogen-bond acceptors (Lipinski definition) is 0. The van der Waals surface area contributed by atoms with Gasteiger partial charge in [-0.05, 0) is 12.1 Å². The first-order chi connectivity index (χ1) is 12.3. The summed E-state index contributed by atoms with van der Waals surface area (Å²) in [5.74, 6) is 0. The van der Waals surface area contributed by atoms with Crippen LogP contribution in [0.25, 0.3) is 0 Å². The monoisotopic (exact) mass is 534 g/mol. The minimum absolute atomic E-state index is 0. The summed E-state index contributed by atoms with van der Waals surface area (Å²) >= 11 is 5.54. The van der Waals surface area contributed by atoms with Crippen molar-refractivity contribution in [2.75, 3.05) is 0 Å². The van der Waals surface area contributed by atoms with Crippen LogP contribution in [0.5, 0.6) is 0 Å². The summed E-state index contributed by atoms with van der Waals surface area (Å²) in [5.41, 5.74) is 2.97. The van der Waals surface area contributed by atoms with Crippen LogP contribution in [0.4, 0.5) is 0 Å². The van der Waals surface area contributed by atoms with Crippen molar-refractivity contribution in [2.24, 2.45) is 0 Å². The molecule has 0 nitrogen and oxygen atoms in total. The molecule has 0 aliphatic heterocycles. The van der Waals surface area contributed by atoms with Gasteiger partial charge < -0.3 is 0 Å². The van der Waals surface area contributed by atoms with Crippen molar-refractivity contribution >= 4 is 11.6 Å². The molecule has 0 bridgehead atoms. The van der Waals surface area contributed by atoms with Crippen LogP contribution in [-0.2, 0) is 38.7 Å². The molecule has 0 saturated carbocycles. The zero-order valence-corrected chi connectivity index (χ0v) is 20.5. The normalized spacial score (nSPS) is 9.19. The molecule has 0 amide bonds. The van der Waals surface area contributed by atoms with Crippen LogP contribution in [0.15, 0.2) is 78.9 Å². The first kappa shape index (κ1) is 25.1. The molecular weight excluding hydrogens is 502 g/mol. The van der Waals surface area contributed by atoms with E-state index in [1.807, 2.05) is 30.3 Å². The van der Waals surface area contributed by atoms with Gasteiger partial charge in [-0.1, -0.05) is 82.2 Å². The fourth-order valence-corrected chi connectivity index (χ4v) is 2.48. The minimum atomic E-state index is 0. The second kappa shape index (κ2) is 17.5. The van der Waals surface area contributed by atoms with Crippen LogP contribution in [0.3, 0.4) is 0 Å². The van der Waals surface area contributed by atoms with E-state index in [2.05, 4.69) is 62.4 Å². The molecule has 0 N–H and O–H groups in total. The summed E-state index contributed by atoms with van der Waals surface area (Å²) in [7, 11) is 0. The van der Waals surface area contributed by atoms with Crippen molar-refractivity contribution in [3.05, 3.63) is 95.0 Å². The van der Waals surface area contributed by atoms with Crippen LogP contribution in [0.1, 0.15) is 50.7 Å². The number of rotatable bonds is 6. The van der Waals surface area contributed by atoms with Crippen LogP contribution in [0, 0.1) is 0 Å². The summed E-state index contributed by atoms with van der Waals surface area (Å²) in [6.07, 6.45) is 7.75. The Bertz CT molecular complexity index is 559. The van der Waals surface area contributed by atoms with Gasteiger partial charge in [0.15, 0.2) is 0 Å². The fraction of sp³-hybridized carbons (Fsp3) is 0.333. The third kappa shape index (κ3) is 13.3. The van der Waals surface area contributed by atoms with E-state index in [0.29, 0.717) is 0 Å². The smallest absolute Gasteiger partial charge is 0.0405 e. The largest absolute Gasteiger partial charge is 0.213 e. The van der Waals surface area contributed by atoms with Gasteiger partial charge in [-0.25, -0.2) is 24.3 Å². The molecule has 3 aromatic carbocycles. The van der Waals surface area contributed by atoms with Crippen molar-refractivity contribution < 1.29 is 25.8 Å². The molecule has 0 spiro atoms. The molecule has 0 saturated heterocycles. The van der Waals surface area contributed by atoms with Gasteiger partial charge in [0.25, 0.3) is 0 Å². The average Bonchev–Trinajstić information content (AvgIpc) is 3.34. The van der Waals surface area contributed by atoms with Gasteiger partial charge in [0.05, 0.1) is 0 Å². The molecule has 3 rings (SSSR count). The quantitative estimate of drug-likeness (QED) is 0.224. The Hall–Kier alpha value is -0.920. The third-order valence-electron chi connectivity index (χ3n) is 3.83. The van der Waals surface area contributed by atoms with E-state index in [4.69, 9.17) is 11.6 Å². The van der Waals surface area contributed by atoms with Crippen LogP contribution in [0.2, 0.25) is 5.02 Å². The molecule has 0 radical (unpaired) electrons. The topological polar surface area (TPSA) is 0 Å². The van der Waals surface area contributed by atoms with Crippen molar-refractivity contribution in [3.63, 3.8) is 0 Å². The Labute approximate surface area is 184 Å². The summed E-state index contributed by atoms with van der Waals surface area (Å²) in [6, 6.07) is 26.6. The molecule has 140 valence electrons. The maximum atomic E-state index is 5.54. The molecule has 0 fully saturated rings. The molecule has 0 aliphatic carbocycles. The Balaban J connectivity index is 0.000000357. The number of unbranched alkanes of at least 4 members (excludes halogenated alkanes) is 2. The standard InChI is InChI=1S/2C9H13.C6H5Cl.Hf/c2*1-2-3-6-9-7-4-5-8-9;7-6-4-2-1-3-5-6;/h2*4-5,7-8H,2-3,6H2,1H3;1-5H;/q2*-1;;. The Morgan fingerprint density at radius 3 is 1.31 bits per heavy atom. The number of hydrogen-bond donors (Lipinski definition) is 0. The summed E-state index contributed by atoms with van der Waals surface area (Å²) < 4.78 is 0. The van der Waals surface area contributed by atoms with Gasteiger partial charge in [0, 0.05) is 30.9 Å². The summed E-state index contributed by atoms with van der Waals surface area (Å²) in [6.45, 7) is 4.45. The van der Waals surface area contributed by atoms with Crippen LogP contribution >= 0.6 is 11.6 Å². The average molecular weight is 533 g/mol. The predicted octanol–water partition coefficient (Wildman–Crippen LogP) is 7.83. The van der Waals surface area contributed by atoms with Crippen molar-refractivity contribution in [1.29, 1.82) is 0 Å². The van der Waals surface area contributed by atoms with E-state index in [9.17, 15) is 0 Å². The minimum Gasteiger partial charge on any atom is -0.213 e. The van der Waals surface area contributed by atoms with Gasteiger partial charge >= 0.3 is 0 Å². The zero-order valence-electron chi connectivity index (χ0n) is 16.1. The Morgan fingerprint density at radius 1 is 0.654 bits per heavy atom. The summed E-state index contributed by atoms with van der Waals surface area (Å²) in [5, 5.41) is 0.794. The van der Waals surface area contributed by atoms with E-state index in [1.54, 1.807) is 0 Å². The van der Waals surface area contributed by atoms with E-state index < -0.39 is 0 Å². The Kier molecular flexibility index (Phi) is 16.9. The molecule has 0 aromatic heterocycles.